The quantitative estimate of drug-likeness (QED) is 0.927. The Labute approximate surface area is 132 Å². The number of ether oxygens (including phenoxy) is 1. The second kappa shape index (κ2) is 5.29. The fourth-order valence-corrected chi connectivity index (χ4v) is 5.61. The number of hydrogen-bond donors (Lipinski definition) is 1. The van der Waals surface area contributed by atoms with Gasteiger partial charge in [-0.3, -0.25) is 4.79 Å². The van der Waals surface area contributed by atoms with Gasteiger partial charge in [-0.2, -0.15) is 0 Å². The van der Waals surface area contributed by atoms with E-state index in [1.165, 1.54) is 32.1 Å². The van der Waals surface area contributed by atoms with E-state index in [-0.39, 0.29) is 5.91 Å². The summed E-state index contributed by atoms with van der Waals surface area (Å²) in [7, 11) is 0. The summed E-state index contributed by atoms with van der Waals surface area (Å²) in [4.78, 5) is 12.1. The molecule has 3 heteroatoms. The molecule has 4 aliphatic carbocycles. The SMILES string of the molecule is Cc1ccccc1OC(C(N)=O)C1C2CC3CC(C2)CC1C3. The van der Waals surface area contributed by atoms with Crippen molar-refractivity contribution in [1.82, 2.24) is 0 Å². The molecule has 0 saturated heterocycles. The summed E-state index contributed by atoms with van der Waals surface area (Å²) >= 11 is 0. The Morgan fingerprint density at radius 3 is 2.23 bits per heavy atom. The predicted octanol–water partition coefficient (Wildman–Crippen LogP) is 3.30. The molecular formula is C19H25NO2. The molecule has 22 heavy (non-hydrogen) atoms. The van der Waals surface area contributed by atoms with Crippen LogP contribution in [0.1, 0.15) is 37.7 Å². The fraction of sp³-hybridized carbons (Fsp3) is 0.632. The number of hydrogen-bond acceptors (Lipinski definition) is 2. The molecule has 0 aliphatic heterocycles. The highest BCUT2D eigenvalue weighted by atomic mass is 16.5. The van der Waals surface area contributed by atoms with Crippen LogP contribution in [0.4, 0.5) is 0 Å². The Kier molecular flexibility index (Phi) is 3.39. The minimum atomic E-state index is -0.462. The Morgan fingerprint density at radius 1 is 1.09 bits per heavy atom. The topological polar surface area (TPSA) is 52.3 Å². The maximum atomic E-state index is 12.1. The molecule has 0 heterocycles. The third-order valence-corrected chi connectivity index (χ3v) is 6.28. The van der Waals surface area contributed by atoms with Gasteiger partial charge in [0.2, 0.25) is 0 Å². The molecule has 4 bridgehead atoms. The average Bonchev–Trinajstić information content (AvgIpc) is 2.46. The van der Waals surface area contributed by atoms with Crippen molar-refractivity contribution in [3.05, 3.63) is 29.8 Å². The molecular weight excluding hydrogens is 274 g/mol. The lowest BCUT2D eigenvalue weighted by Crippen LogP contribution is -2.54. The van der Waals surface area contributed by atoms with Crippen LogP contribution in [0.3, 0.4) is 0 Å². The van der Waals surface area contributed by atoms with Crippen LogP contribution in [0.15, 0.2) is 24.3 Å². The van der Waals surface area contributed by atoms with Crippen molar-refractivity contribution in [3.8, 4) is 5.75 Å². The zero-order valence-corrected chi connectivity index (χ0v) is 13.2. The van der Waals surface area contributed by atoms with Crippen molar-refractivity contribution in [3.63, 3.8) is 0 Å². The zero-order chi connectivity index (χ0) is 15.3. The minimum Gasteiger partial charge on any atom is -0.480 e. The number of rotatable bonds is 4. The molecule has 3 nitrogen and oxygen atoms in total. The van der Waals surface area contributed by atoms with E-state index in [9.17, 15) is 4.79 Å². The van der Waals surface area contributed by atoms with Crippen molar-refractivity contribution in [2.24, 2.45) is 35.3 Å². The Hall–Kier alpha value is -1.51. The lowest BCUT2D eigenvalue weighted by atomic mass is 9.51. The maximum Gasteiger partial charge on any atom is 0.258 e. The molecule has 1 unspecified atom stereocenters. The van der Waals surface area contributed by atoms with Gasteiger partial charge in [-0.25, -0.2) is 0 Å². The molecule has 0 spiro atoms. The summed E-state index contributed by atoms with van der Waals surface area (Å²) in [6.07, 6.45) is 6.06. The molecule has 1 aromatic carbocycles. The first-order chi connectivity index (χ1) is 10.6. The lowest BCUT2D eigenvalue weighted by Gasteiger charge is -2.55. The van der Waals surface area contributed by atoms with Gasteiger partial charge >= 0.3 is 0 Å². The highest BCUT2D eigenvalue weighted by Gasteiger charge is 2.52. The van der Waals surface area contributed by atoms with Crippen molar-refractivity contribution in [1.29, 1.82) is 0 Å². The van der Waals surface area contributed by atoms with E-state index in [2.05, 4.69) is 0 Å². The first-order valence-electron chi connectivity index (χ1n) is 8.63. The van der Waals surface area contributed by atoms with Gasteiger partial charge in [0, 0.05) is 5.92 Å². The van der Waals surface area contributed by atoms with Crippen molar-refractivity contribution in [2.75, 3.05) is 0 Å². The lowest BCUT2D eigenvalue weighted by molar-refractivity contribution is -0.138. The monoisotopic (exact) mass is 299 g/mol. The van der Waals surface area contributed by atoms with E-state index in [4.69, 9.17) is 10.5 Å². The van der Waals surface area contributed by atoms with Gasteiger partial charge in [-0.1, -0.05) is 18.2 Å². The molecule has 118 valence electrons. The fourth-order valence-electron chi connectivity index (χ4n) is 5.61. The van der Waals surface area contributed by atoms with E-state index in [1.807, 2.05) is 31.2 Å². The van der Waals surface area contributed by atoms with Crippen molar-refractivity contribution in [2.45, 2.75) is 45.1 Å². The average molecular weight is 299 g/mol. The van der Waals surface area contributed by atoms with Gasteiger partial charge in [0.1, 0.15) is 5.75 Å². The van der Waals surface area contributed by atoms with Crippen LogP contribution in [0.25, 0.3) is 0 Å². The van der Waals surface area contributed by atoms with Crippen molar-refractivity contribution < 1.29 is 9.53 Å². The second-order valence-electron chi connectivity index (χ2n) is 7.71. The summed E-state index contributed by atoms with van der Waals surface area (Å²) < 4.78 is 6.16. The number of primary amides is 1. The number of nitrogens with two attached hydrogens (primary N) is 1. The Morgan fingerprint density at radius 2 is 1.68 bits per heavy atom. The summed E-state index contributed by atoms with van der Waals surface area (Å²) in [5.41, 5.74) is 6.82. The Bertz CT molecular complexity index is 555. The van der Waals surface area contributed by atoms with Crippen LogP contribution in [-0.4, -0.2) is 12.0 Å². The summed E-state index contributed by atoms with van der Waals surface area (Å²) in [6, 6.07) is 7.91. The largest absolute Gasteiger partial charge is 0.480 e. The normalized spacial score (nSPS) is 37.0. The van der Waals surface area contributed by atoms with Crippen molar-refractivity contribution >= 4 is 5.91 Å². The highest BCUT2D eigenvalue weighted by molar-refractivity contribution is 5.79. The molecule has 1 atom stereocenters. The van der Waals surface area contributed by atoms with E-state index < -0.39 is 6.10 Å². The third-order valence-electron chi connectivity index (χ3n) is 6.28. The van der Waals surface area contributed by atoms with Gasteiger partial charge < -0.3 is 10.5 Å². The highest BCUT2D eigenvalue weighted by Crippen LogP contribution is 2.57. The van der Waals surface area contributed by atoms with E-state index in [0.29, 0.717) is 17.8 Å². The third kappa shape index (κ3) is 2.31. The molecule has 4 fully saturated rings. The summed E-state index contributed by atoms with van der Waals surface area (Å²) in [5.74, 6) is 3.90. The van der Waals surface area contributed by atoms with Crippen LogP contribution in [0.5, 0.6) is 5.75 Å². The molecule has 5 rings (SSSR count). The molecule has 0 radical (unpaired) electrons. The minimum absolute atomic E-state index is 0.291. The predicted molar refractivity (Wildman–Crippen MR) is 85.3 cm³/mol. The summed E-state index contributed by atoms with van der Waals surface area (Å²) in [5, 5.41) is 0. The van der Waals surface area contributed by atoms with Gasteiger partial charge in [0.05, 0.1) is 0 Å². The number of para-hydroxylation sites is 1. The number of carbonyl (C=O) groups excluding carboxylic acids is 1. The van der Waals surface area contributed by atoms with E-state index >= 15 is 0 Å². The van der Waals surface area contributed by atoms with E-state index in [0.717, 1.165) is 23.1 Å². The molecule has 4 aliphatic rings. The Balaban J connectivity index is 1.60. The number of benzene rings is 1. The van der Waals surface area contributed by atoms with Gasteiger partial charge in [-0.05, 0) is 74.3 Å². The molecule has 1 aromatic rings. The van der Waals surface area contributed by atoms with E-state index in [1.54, 1.807) is 0 Å². The maximum absolute atomic E-state index is 12.1. The zero-order valence-electron chi connectivity index (χ0n) is 13.2. The number of carbonyl (C=O) groups is 1. The van der Waals surface area contributed by atoms with Crippen LogP contribution in [-0.2, 0) is 4.79 Å². The van der Waals surface area contributed by atoms with Crippen LogP contribution in [0.2, 0.25) is 0 Å². The number of amides is 1. The number of aryl methyl sites for hydroxylation is 1. The standard InChI is InChI=1S/C19H25NO2/c1-11-4-2-3-5-16(11)22-18(19(20)21)17-14-7-12-6-13(9-14)10-15(17)8-12/h2-5,12-15,17-18H,6-10H2,1H3,(H2,20,21). The molecule has 4 saturated carbocycles. The smallest absolute Gasteiger partial charge is 0.258 e. The molecule has 2 N–H and O–H groups in total. The van der Waals surface area contributed by atoms with Gasteiger partial charge in [-0.15, -0.1) is 0 Å². The van der Waals surface area contributed by atoms with Crippen LogP contribution in [0, 0.1) is 36.5 Å². The first-order valence-corrected chi connectivity index (χ1v) is 8.63. The van der Waals surface area contributed by atoms with Gasteiger partial charge in [0.15, 0.2) is 6.10 Å². The molecule has 0 aromatic heterocycles. The first kappa shape index (κ1) is 14.1. The van der Waals surface area contributed by atoms with Crippen LogP contribution < -0.4 is 10.5 Å². The molecule has 1 amide bonds. The van der Waals surface area contributed by atoms with Crippen LogP contribution >= 0.6 is 0 Å². The second-order valence-corrected chi connectivity index (χ2v) is 7.71. The summed E-state index contributed by atoms with van der Waals surface area (Å²) in [6.45, 7) is 2.02. The van der Waals surface area contributed by atoms with Gasteiger partial charge in [0.25, 0.3) is 5.91 Å².